The van der Waals surface area contributed by atoms with Gasteiger partial charge >= 0.3 is 0 Å². The number of fused-ring (bicyclic) bond motifs is 3. The van der Waals surface area contributed by atoms with Crippen molar-refractivity contribution >= 4 is 34.7 Å². The first kappa shape index (κ1) is 13.2. The molecule has 4 rings (SSSR count). The minimum atomic E-state index is 0.0428. The highest BCUT2D eigenvalue weighted by Crippen LogP contribution is 2.31. The fourth-order valence-electron chi connectivity index (χ4n) is 2.80. The summed E-state index contributed by atoms with van der Waals surface area (Å²) < 4.78 is 1.75. The molecule has 22 heavy (non-hydrogen) atoms. The van der Waals surface area contributed by atoms with Crippen molar-refractivity contribution < 1.29 is 4.79 Å². The van der Waals surface area contributed by atoms with Crippen molar-refractivity contribution in [2.75, 3.05) is 0 Å². The summed E-state index contributed by atoms with van der Waals surface area (Å²) in [5.74, 6) is 0.0428. The van der Waals surface area contributed by atoms with E-state index < -0.39 is 0 Å². The number of nitrogens with zero attached hydrogens (tertiary/aromatic N) is 3. The van der Waals surface area contributed by atoms with Gasteiger partial charge in [0, 0.05) is 34.0 Å². The van der Waals surface area contributed by atoms with E-state index in [9.17, 15) is 4.79 Å². The summed E-state index contributed by atoms with van der Waals surface area (Å²) in [4.78, 5) is 17.0. The van der Waals surface area contributed by atoms with Crippen molar-refractivity contribution in [1.82, 2.24) is 14.6 Å². The predicted octanol–water partition coefficient (Wildman–Crippen LogP) is 3.36. The molecule has 0 atom stereocenters. The number of aromatic nitrogens is 3. The number of hydrogen-bond acceptors (Lipinski definition) is 3. The summed E-state index contributed by atoms with van der Waals surface area (Å²) in [6.07, 6.45) is 3.94. The maximum absolute atomic E-state index is 12.6. The van der Waals surface area contributed by atoms with Gasteiger partial charge in [-0.05, 0) is 19.1 Å². The Balaban J connectivity index is 1.94. The van der Waals surface area contributed by atoms with Gasteiger partial charge in [-0.1, -0.05) is 29.8 Å². The van der Waals surface area contributed by atoms with Crippen LogP contribution < -0.4 is 0 Å². The Bertz CT molecular complexity index is 956. The van der Waals surface area contributed by atoms with Crippen molar-refractivity contribution in [3.8, 4) is 0 Å². The van der Waals surface area contributed by atoms with Crippen molar-refractivity contribution in [2.24, 2.45) is 0 Å². The maximum atomic E-state index is 12.6. The minimum absolute atomic E-state index is 0.0428. The second-order valence-corrected chi connectivity index (χ2v) is 5.76. The first-order valence-electron chi connectivity index (χ1n) is 6.97. The molecule has 0 spiro atoms. The van der Waals surface area contributed by atoms with Gasteiger partial charge in [0.2, 0.25) is 0 Å². The number of benzene rings is 1. The zero-order valence-electron chi connectivity index (χ0n) is 11.9. The van der Waals surface area contributed by atoms with Crippen LogP contribution in [0.25, 0.3) is 17.3 Å². The molecule has 0 radical (unpaired) electrons. The van der Waals surface area contributed by atoms with Crippen LogP contribution in [-0.4, -0.2) is 20.4 Å². The largest absolute Gasteiger partial charge is 0.294 e. The van der Waals surface area contributed by atoms with Gasteiger partial charge in [0.15, 0.2) is 11.4 Å². The van der Waals surface area contributed by atoms with E-state index in [0.717, 1.165) is 28.2 Å². The molecule has 1 aliphatic rings. The minimum Gasteiger partial charge on any atom is -0.294 e. The Morgan fingerprint density at radius 1 is 1.27 bits per heavy atom. The van der Waals surface area contributed by atoms with E-state index in [0.29, 0.717) is 17.0 Å². The highest BCUT2D eigenvalue weighted by atomic mass is 35.5. The number of rotatable bonds is 1. The lowest BCUT2D eigenvalue weighted by Crippen LogP contribution is -2.16. The average molecular weight is 310 g/mol. The summed E-state index contributed by atoms with van der Waals surface area (Å²) in [5, 5.41) is 5.00. The third-order valence-electron chi connectivity index (χ3n) is 3.83. The van der Waals surface area contributed by atoms with Crippen LogP contribution in [0, 0.1) is 6.92 Å². The Hall–Kier alpha value is -2.46. The van der Waals surface area contributed by atoms with Gasteiger partial charge < -0.3 is 0 Å². The number of carbonyl (C=O) groups is 1. The molecule has 0 bridgehead atoms. The summed E-state index contributed by atoms with van der Waals surface area (Å²) >= 11 is 6.22. The molecule has 0 N–H and O–H groups in total. The molecular weight excluding hydrogens is 298 g/mol. The Morgan fingerprint density at radius 2 is 2.09 bits per heavy atom. The lowest BCUT2D eigenvalue weighted by atomic mass is 9.91. The van der Waals surface area contributed by atoms with Crippen LogP contribution >= 0.6 is 11.6 Å². The van der Waals surface area contributed by atoms with Gasteiger partial charge in [0.25, 0.3) is 0 Å². The molecule has 1 aromatic carbocycles. The van der Waals surface area contributed by atoms with Gasteiger partial charge in [0.1, 0.15) is 0 Å². The van der Waals surface area contributed by atoms with Gasteiger partial charge in [-0.2, -0.15) is 5.10 Å². The number of ketones is 1. The molecule has 0 fully saturated rings. The summed E-state index contributed by atoms with van der Waals surface area (Å²) in [5.41, 5.74) is 4.82. The summed E-state index contributed by atoms with van der Waals surface area (Å²) in [7, 11) is 0. The standard InChI is InChI=1S/C17H12ClN3O/c1-10-6-17-19-9-11-7-13(12-4-2-3-5-14(12)18)16(22)8-15(11)21(17)20-10/h2-7,9H,8H2,1H3. The van der Waals surface area contributed by atoms with E-state index in [2.05, 4.69) is 10.1 Å². The van der Waals surface area contributed by atoms with Gasteiger partial charge in [-0.25, -0.2) is 9.50 Å². The molecule has 0 saturated heterocycles. The normalized spacial score (nSPS) is 14.1. The Morgan fingerprint density at radius 3 is 2.91 bits per heavy atom. The number of Topliss-reactive ketones (excluding diaryl/α,β-unsaturated/α-hetero) is 1. The van der Waals surface area contributed by atoms with Gasteiger partial charge in [0.05, 0.1) is 17.8 Å². The van der Waals surface area contributed by atoms with Crippen LogP contribution in [0.15, 0.2) is 36.5 Å². The van der Waals surface area contributed by atoms with E-state index >= 15 is 0 Å². The predicted molar refractivity (Wildman–Crippen MR) is 85.8 cm³/mol. The fourth-order valence-corrected chi connectivity index (χ4v) is 3.03. The fraction of sp³-hybridized carbons (Fsp3) is 0.118. The van der Waals surface area contributed by atoms with Crippen molar-refractivity contribution in [2.45, 2.75) is 13.3 Å². The van der Waals surface area contributed by atoms with Crippen molar-refractivity contribution in [3.63, 3.8) is 0 Å². The smallest absolute Gasteiger partial charge is 0.169 e. The molecule has 0 amide bonds. The molecule has 5 heteroatoms. The van der Waals surface area contributed by atoms with Gasteiger partial charge in [-0.3, -0.25) is 4.79 Å². The third kappa shape index (κ3) is 1.96. The lowest BCUT2D eigenvalue weighted by molar-refractivity contribution is -0.113. The Labute approximate surface area is 132 Å². The highest BCUT2D eigenvalue weighted by Gasteiger charge is 2.24. The van der Waals surface area contributed by atoms with E-state index in [1.54, 1.807) is 16.8 Å². The molecule has 0 aliphatic heterocycles. The molecule has 1 aliphatic carbocycles. The van der Waals surface area contributed by atoms with E-state index in [1.165, 1.54) is 0 Å². The first-order chi connectivity index (χ1) is 10.6. The molecule has 0 unspecified atom stereocenters. The zero-order chi connectivity index (χ0) is 15.3. The third-order valence-corrected chi connectivity index (χ3v) is 4.16. The molecule has 108 valence electrons. The maximum Gasteiger partial charge on any atom is 0.169 e. The zero-order valence-corrected chi connectivity index (χ0v) is 12.6. The van der Waals surface area contributed by atoms with Crippen LogP contribution in [0.5, 0.6) is 0 Å². The average Bonchev–Trinajstić information content (AvgIpc) is 2.88. The number of hydrogen-bond donors (Lipinski definition) is 0. The molecule has 0 saturated carbocycles. The molecule has 2 aromatic heterocycles. The first-order valence-corrected chi connectivity index (χ1v) is 7.35. The molecule has 2 heterocycles. The van der Waals surface area contributed by atoms with E-state index in [-0.39, 0.29) is 5.78 Å². The highest BCUT2D eigenvalue weighted by molar-refractivity contribution is 6.36. The summed E-state index contributed by atoms with van der Waals surface area (Å²) in [6.45, 7) is 1.91. The monoisotopic (exact) mass is 309 g/mol. The van der Waals surface area contributed by atoms with Crippen LogP contribution in [0.1, 0.15) is 22.5 Å². The van der Waals surface area contributed by atoms with Crippen LogP contribution in [0.3, 0.4) is 0 Å². The van der Waals surface area contributed by atoms with Crippen LogP contribution in [0.4, 0.5) is 0 Å². The summed E-state index contributed by atoms with van der Waals surface area (Å²) in [6, 6.07) is 9.28. The number of aryl methyl sites for hydroxylation is 1. The molecular formula is C17H12ClN3O. The second-order valence-electron chi connectivity index (χ2n) is 5.35. The number of halogens is 1. The van der Waals surface area contributed by atoms with E-state index in [4.69, 9.17) is 11.6 Å². The van der Waals surface area contributed by atoms with Crippen LogP contribution in [-0.2, 0) is 11.2 Å². The number of carbonyl (C=O) groups excluding carboxylic acids is 1. The SMILES string of the molecule is Cc1cc2ncc3c(n2n1)CC(=O)C(c1ccccc1Cl)=C3. The number of allylic oxidation sites excluding steroid dienone is 1. The Kier molecular flexibility index (Phi) is 2.87. The quantitative estimate of drug-likeness (QED) is 0.692. The van der Waals surface area contributed by atoms with Crippen molar-refractivity contribution in [3.05, 3.63) is 64.1 Å². The van der Waals surface area contributed by atoms with Gasteiger partial charge in [-0.15, -0.1) is 0 Å². The second kappa shape index (κ2) is 4.78. The lowest BCUT2D eigenvalue weighted by Gasteiger charge is -2.17. The van der Waals surface area contributed by atoms with Crippen molar-refractivity contribution in [1.29, 1.82) is 0 Å². The molecule has 3 aromatic rings. The van der Waals surface area contributed by atoms with E-state index in [1.807, 2.05) is 37.3 Å². The topological polar surface area (TPSA) is 47.3 Å². The van der Waals surface area contributed by atoms with Crippen LogP contribution in [0.2, 0.25) is 5.02 Å². The molecule has 4 nitrogen and oxygen atoms in total.